The van der Waals surface area contributed by atoms with Crippen molar-refractivity contribution in [3.8, 4) is 17.1 Å². The summed E-state index contributed by atoms with van der Waals surface area (Å²) in [5.74, 6) is 1.42. The van der Waals surface area contributed by atoms with Gasteiger partial charge in [-0.15, -0.1) is 0 Å². The lowest BCUT2D eigenvalue weighted by Crippen LogP contribution is -2.03. The van der Waals surface area contributed by atoms with Gasteiger partial charge in [0.25, 0.3) is 0 Å². The molecule has 3 aromatic rings. The van der Waals surface area contributed by atoms with Crippen LogP contribution in [0, 0.1) is 6.92 Å². The van der Waals surface area contributed by atoms with Crippen molar-refractivity contribution in [3.63, 3.8) is 0 Å². The highest BCUT2D eigenvalue weighted by molar-refractivity contribution is 8.04. The molecule has 1 aliphatic heterocycles. The molecule has 26 heavy (non-hydrogen) atoms. The van der Waals surface area contributed by atoms with Gasteiger partial charge in [0, 0.05) is 5.56 Å². The smallest absolute Gasteiger partial charge is 0.204 e. The van der Waals surface area contributed by atoms with Gasteiger partial charge in [-0.1, -0.05) is 54.2 Å². The van der Waals surface area contributed by atoms with Crippen LogP contribution in [0.5, 0.6) is 5.75 Å². The van der Waals surface area contributed by atoms with Gasteiger partial charge in [-0.3, -0.25) is 4.79 Å². The molecule has 2 aromatic carbocycles. The molecule has 0 atom stereocenters. The number of fused-ring (bicyclic) bond motifs is 1. The summed E-state index contributed by atoms with van der Waals surface area (Å²) in [6, 6.07) is 17.4. The summed E-state index contributed by atoms with van der Waals surface area (Å²) < 4.78 is 5.17. The summed E-state index contributed by atoms with van der Waals surface area (Å²) in [6.45, 7) is 1.86. The van der Waals surface area contributed by atoms with E-state index in [4.69, 9.17) is 4.74 Å². The predicted octanol–water partition coefficient (Wildman–Crippen LogP) is 4.79. The van der Waals surface area contributed by atoms with E-state index in [1.54, 1.807) is 7.11 Å². The largest absolute Gasteiger partial charge is 0.497 e. The average Bonchev–Trinajstić information content (AvgIpc) is 2.99. The van der Waals surface area contributed by atoms with Gasteiger partial charge < -0.3 is 4.74 Å². The first-order chi connectivity index (χ1) is 12.7. The fourth-order valence-electron chi connectivity index (χ4n) is 2.82. The highest BCUT2D eigenvalue weighted by Gasteiger charge is 2.30. The Bertz CT molecular complexity index is 1010. The molecule has 0 bridgehead atoms. The summed E-state index contributed by atoms with van der Waals surface area (Å²) in [4.78, 5) is 22.6. The third-order valence-corrected chi connectivity index (χ3v) is 5.17. The van der Waals surface area contributed by atoms with E-state index in [2.05, 4.69) is 9.97 Å². The van der Waals surface area contributed by atoms with E-state index in [0.717, 1.165) is 21.9 Å². The van der Waals surface area contributed by atoms with Gasteiger partial charge >= 0.3 is 0 Å². The molecule has 0 radical (unpaired) electrons. The number of aryl methyl sites for hydroxylation is 1. The van der Waals surface area contributed by atoms with Crippen LogP contribution in [0.3, 0.4) is 0 Å². The number of rotatable bonds is 3. The van der Waals surface area contributed by atoms with Crippen molar-refractivity contribution in [2.24, 2.45) is 0 Å². The van der Waals surface area contributed by atoms with Crippen molar-refractivity contribution in [2.45, 2.75) is 11.9 Å². The lowest BCUT2D eigenvalue weighted by Gasteiger charge is -2.04. The van der Waals surface area contributed by atoms with Crippen molar-refractivity contribution >= 4 is 23.6 Å². The molecule has 2 heterocycles. The molecule has 0 unspecified atom stereocenters. The van der Waals surface area contributed by atoms with Crippen molar-refractivity contribution in [2.75, 3.05) is 7.11 Å². The summed E-state index contributed by atoms with van der Waals surface area (Å²) in [7, 11) is 1.63. The second-order valence-electron chi connectivity index (χ2n) is 5.89. The third kappa shape index (κ3) is 3.02. The molecule has 4 rings (SSSR count). The van der Waals surface area contributed by atoms with E-state index in [9.17, 15) is 4.79 Å². The average molecular weight is 360 g/mol. The van der Waals surface area contributed by atoms with Crippen LogP contribution in [0.25, 0.3) is 17.5 Å². The van der Waals surface area contributed by atoms with E-state index in [-0.39, 0.29) is 5.78 Å². The van der Waals surface area contributed by atoms with Crippen LogP contribution in [0.15, 0.2) is 64.5 Å². The Morgan fingerprint density at radius 2 is 1.73 bits per heavy atom. The Morgan fingerprint density at radius 1 is 1.00 bits per heavy atom. The number of benzene rings is 2. The quantitative estimate of drug-likeness (QED) is 0.496. The molecule has 0 amide bonds. The van der Waals surface area contributed by atoms with Crippen molar-refractivity contribution in [3.05, 3.63) is 76.3 Å². The lowest BCUT2D eigenvalue weighted by molar-refractivity contribution is 0.104. The molecule has 0 fully saturated rings. The maximum atomic E-state index is 12.8. The molecule has 0 aliphatic carbocycles. The number of carbonyl (C=O) groups excluding carboxylic acids is 1. The van der Waals surface area contributed by atoms with Crippen LogP contribution in [0.2, 0.25) is 0 Å². The normalized spacial score (nSPS) is 14.5. The molecule has 4 nitrogen and oxygen atoms in total. The Labute approximate surface area is 156 Å². The molecule has 1 aromatic heterocycles. The molecular formula is C21H16N2O2S. The van der Waals surface area contributed by atoms with E-state index in [1.165, 1.54) is 11.8 Å². The van der Waals surface area contributed by atoms with Crippen molar-refractivity contribution < 1.29 is 9.53 Å². The molecule has 1 aliphatic rings. The first-order valence-corrected chi connectivity index (χ1v) is 9.00. The minimum absolute atomic E-state index is 0.0158. The summed E-state index contributed by atoms with van der Waals surface area (Å²) in [5.41, 5.74) is 3.21. The zero-order valence-corrected chi connectivity index (χ0v) is 15.2. The molecule has 0 spiro atoms. The minimum Gasteiger partial charge on any atom is -0.497 e. The number of ether oxygens (including phenoxy) is 1. The van der Waals surface area contributed by atoms with Gasteiger partial charge in [-0.05, 0) is 30.7 Å². The number of allylic oxidation sites excluding steroid dienone is 1. The van der Waals surface area contributed by atoms with Crippen LogP contribution < -0.4 is 4.74 Å². The van der Waals surface area contributed by atoms with Crippen LogP contribution in [-0.2, 0) is 0 Å². The fraction of sp³-hybridized carbons (Fsp3) is 0.0952. The van der Waals surface area contributed by atoms with Gasteiger partial charge in [0.1, 0.15) is 10.8 Å². The highest BCUT2D eigenvalue weighted by atomic mass is 32.2. The van der Waals surface area contributed by atoms with E-state index >= 15 is 0 Å². The summed E-state index contributed by atoms with van der Waals surface area (Å²) >= 11 is 1.40. The first kappa shape index (κ1) is 16.5. The summed E-state index contributed by atoms with van der Waals surface area (Å²) in [5, 5.41) is 0.723. The van der Waals surface area contributed by atoms with Gasteiger partial charge in [-0.25, -0.2) is 9.97 Å². The molecular weight excluding hydrogens is 344 g/mol. The van der Waals surface area contributed by atoms with Crippen LogP contribution in [-0.4, -0.2) is 22.9 Å². The number of carbonyl (C=O) groups is 1. The lowest BCUT2D eigenvalue weighted by atomic mass is 10.1. The Kier molecular flexibility index (Phi) is 4.31. The van der Waals surface area contributed by atoms with Crippen molar-refractivity contribution in [1.82, 2.24) is 9.97 Å². The maximum absolute atomic E-state index is 12.8. The standard InChI is InChI=1S/C21H16N2O2S/c1-13-18-19(24)17(12-14-8-10-16(25-2)11-9-14)26-21(18)23-20(22-13)15-6-4-3-5-7-15/h3-12H,1-2H3/b17-12+. The number of ketones is 1. The molecule has 0 N–H and O–H groups in total. The molecule has 0 saturated heterocycles. The number of nitrogens with zero attached hydrogens (tertiary/aromatic N) is 2. The van der Waals surface area contributed by atoms with Gasteiger partial charge in [0.2, 0.25) is 5.78 Å². The van der Waals surface area contributed by atoms with E-state index in [1.807, 2.05) is 67.6 Å². The first-order valence-electron chi connectivity index (χ1n) is 8.18. The van der Waals surface area contributed by atoms with Crippen LogP contribution >= 0.6 is 11.8 Å². The number of Topliss-reactive ketones (excluding diaryl/α,β-unsaturated/α-hetero) is 1. The summed E-state index contributed by atoms with van der Waals surface area (Å²) in [6.07, 6.45) is 1.88. The SMILES string of the molecule is COc1ccc(/C=C2/Sc3nc(-c4ccccc4)nc(C)c3C2=O)cc1. The number of aromatic nitrogens is 2. The Hall–Kier alpha value is -2.92. The monoisotopic (exact) mass is 360 g/mol. The zero-order chi connectivity index (χ0) is 18.1. The molecule has 128 valence electrons. The fourth-order valence-corrected chi connectivity index (χ4v) is 3.89. The van der Waals surface area contributed by atoms with E-state index in [0.29, 0.717) is 22.0 Å². The van der Waals surface area contributed by atoms with Crippen LogP contribution in [0.1, 0.15) is 21.6 Å². The number of hydrogen-bond acceptors (Lipinski definition) is 5. The van der Waals surface area contributed by atoms with Gasteiger partial charge in [0.15, 0.2) is 5.82 Å². The predicted molar refractivity (Wildman–Crippen MR) is 103 cm³/mol. The number of thioether (sulfide) groups is 1. The second-order valence-corrected chi connectivity index (χ2v) is 6.92. The second kappa shape index (κ2) is 6.77. The van der Waals surface area contributed by atoms with Crippen molar-refractivity contribution in [1.29, 1.82) is 0 Å². The van der Waals surface area contributed by atoms with E-state index < -0.39 is 0 Å². The topological polar surface area (TPSA) is 52.1 Å². The molecule has 5 heteroatoms. The molecule has 0 saturated carbocycles. The minimum atomic E-state index is -0.0158. The van der Waals surface area contributed by atoms with Gasteiger partial charge in [-0.2, -0.15) is 0 Å². The highest BCUT2D eigenvalue weighted by Crippen LogP contribution is 2.41. The Morgan fingerprint density at radius 3 is 2.42 bits per heavy atom. The Balaban J connectivity index is 1.70. The van der Waals surface area contributed by atoms with Crippen LogP contribution in [0.4, 0.5) is 0 Å². The number of methoxy groups -OCH3 is 1. The maximum Gasteiger partial charge on any atom is 0.204 e. The van der Waals surface area contributed by atoms with Gasteiger partial charge in [0.05, 0.1) is 23.3 Å². The zero-order valence-electron chi connectivity index (χ0n) is 14.4. The third-order valence-electron chi connectivity index (χ3n) is 4.16. The number of hydrogen-bond donors (Lipinski definition) is 0.